The third-order valence-electron chi connectivity index (χ3n) is 6.91. The Morgan fingerprint density at radius 1 is 1.12 bits per heavy atom. The zero-order valence-electron chi connectivity index (χ0n) is 23.5. The molecule has 42 heavy (non-hydrogen) atoms. The average Bonchev–Trinajstić information content (AvgIpc) is 3.39. The number of hydrogen-bond acceptors (Lipinski definition) is 7. The second-order valence-corrected chi connectivity index (χ2v) is 10.8. The van der Waals surface area contributed by atoms with Crippen molar-refractivity contribution in [3.05, 3.63) is 104 Å². The Hall–Kier alpha value is -3.89. The summed E-state index contributed by atoms with van der Waals surface area (Å²) in [4.78, 5) is 22.2. The quantitative estimate of drug-likeness (QED) is 0.0578. The predicted octanol–water partition coefficient (Wildman–Crippen LogP) is 6.46. The van der Waals surface area contributed by atoms with Gasteiger partial charge in [0.2, 0.25) is 5.90 Å². The Balaban J connectivity index is 1.77. The van der Waals surface area contributed by atoms with Gasteiger partial charge in [0.25, 0.3) is 5.91 Å². The molecule has 2 atom stereocenters. The largest absolute Gasteiger partial charge is 0.494 e. The minimum atomic E-state index is -1.43. The summed E-state index contributed by atoms with van der Waals surface area (Å²) in [5, 5.41) is 12.9. The van der Waals surface area contributed by atoms with Gasteiger partial charge in [0, 0.05) is 46.6 Å². The fraction of sp³-hybridized carbons (Fsp3) is 0.355. The smallest absolute Gasteiger partial charge is 0.266 e. The SMILES string of the molecule is CCCCCNNC(=O)[C@@]1(Cc2ccccc2N=[N+]=[N-])N=C(c2ccc(OCCCO)cc2)O[C@H]1c1ccc(Br)cc1. The first-order valence-corrected chi connectivity index (χ1v) is 14.8. The molecule has 0 fully saturated rings. The van der Waals surface area contributed by atoms with Crippen molar-refractivity contribution < 1.29 is 19.4 Å². The minimum absolute atomic E-state index is 0.0561. The summed E-state index contributed by atoms with van der Waals surface area (Å²) in [7, 11) is 0. The summed E-state index contributed by atoms with van der Waals surface area (Å²) in [5.41, 5.74) is 16.3. The van der Waals surface area contributed by atoms with Gasteiger partial charge in [-0.1, -0.05) is 77.2 Å². The molecule has 10 nitrogen and oxygen atoms in total. The second kappa shape index (κ2) is 15.4. The van der Waals surface area contributed by atoms with Crippen LogP contribution < -0.4 is 15.6 Å². The molecule has 0 bridgehead atoms. The molecule has 1 aliphatic heterocycles. The van der Waals surface area contributed by atoms with Gasteiger partial charge in [-0.15, -0.1) is 0 Å². The standard InChI is InChI=1S/C31H35BrN6O4/c1-2-3-6-18-34-37-30(40)31(21-24-8-4-5-9-27(24)36-38-33)28(22-10-14-25(32)15-11-22)42-29(35-31)23-12-16-26(17-13-23)41-20-7-19-39/h4-5,8-17,28,34,39H,2-3,6-7,18-21H2,1H3,(H,37,40)/t28-,31-/m0/s1. The lowest BCUT2D eigenvalue weighted by molar-refractivity contribution is -0.130. The van der Waals surface area contributed by atoms with Crippen molar-refractivity contribution in [2.45, 2.75) is 50.7 Å². The van der Waals surface area contributed by atoms with Gasteiger partial charge in [-0.05, 0) is 59.5 Å². The van der Waals surface area contributed by atoms with Gasteiger partial charge in [-0.25, -0.2) is 10.4 Å². The Morgan fingerprint density at radius 2 is 1.88 bits per heavy atom. The molecule has 220 valence electrons. The summed E-state index contributed by atoms with van der Waals surface area (Å²) >= 11 is 3.49. The molecule has 0 saturated carbocycles. The van der Waals surface area contributed by atoms with Crippen LogP contribution in [-0.4, -0.2) is 42.2 Å². The highest BCUT2D eigenvalue weighted by atomic mass is 79.9. The van der Waals surface area contributed by atoms with Gasteiger partial charge in [0.1, 0.15) is 5.75 Å². The van der Waals surface area contributed by atoms with E-state index in [9.17, 15) is 10.3 Å². The predicted molar refractivity (Wildman–Crippen MR) is 165 cm³/mol. The Kier molecular flexibility index (Phi) is 11.4. The Morgan fingerprint density at radius 3 is 2.60 bits per heavy atom. The van der Waals surface area contributed by atoms with E-state index < -0.39 is 11.6 Å². The number of aliphatic imine (C=N–C) groups is 1. The molecule has 0 radical (unpaired) electrons. The summed E-state index contributed by atoms with van der Waals surface area (Å²) < 4.78 is 13.1. The molecule has 0 spiro atoms. The number of aliphatic hydroxyl groups is 1. The number of hydrogen-bond donors (Lipinski definition) is 3. The van der Waals surface area contributed by atoms with Crippen molar-refractivity contribution >= 4 is 33.4 Å². The molecular formula is C31H35BrN6O4. The van der Waals surface area contributed by atoms with Crippen LogP contribution in [-0.2, 0) is 16.0 Å². The highest BCUT2D eigenvalue weighted by molar-refractivity contribution is 9.10. The van der Waals surface area contributed by atoms with Crippen LogP contribution in [0.5, 0.6) is 5.75 Å². The van der Waals surface area contributed by atoms with E-state index in [2.05, 4.69) is 43.7 Å². The molecular weight excluding hydrogens is 600 g/mol. The number of nitrogens with one attached hydrogen (secondary N) is 2. The number of nitrogens with zero attached hydrogens (tertiary/aromatic N) is 4. The van der Waals surface area contributed by atoms with Crippen molar-refractivity contribution in [2.24, 2.45) is 10.1 Å². The maximum Gasteiger partial charge on any atom is 0.266 e. The van der Waals surface area contributed by atoms with Crippen LogP contribution >= 0.6 is 15.9 Å². The van der Waals surface area contributed by atoms with Crippen LogP contribution in [0.3, 0.4) is 0 Å². The van der Waals surface area contributed by atoms with Crippen molar-refractivity contribution in [3.63, 3.8) is 0 Å². The van der Waals surface area contributed by atoms with Gasteiger partial charge in [-0.3, -0.25) is 10.2 Å². The van der Waals surface area contributed by atoms with E-state index in [4.69, 9.17) is 19.6 Å². The fourth-order valence-electron chi connectivity index (χ4n) is 4.73. The summed E-state index contributed by atoms with van der Waals surface area (Å²) in [5.74, 6) is 0.604. The maximum absolute atomic E-state index is 14.2. The van der Waals surface area contributed by atoms with Gasteiger partial charge < -0.3 is 14.6 Å². The lowest BCUT2D eigenvalue weighted by Gasteiger charge is -2.31. The number of benzene rings is 3. The summed E-state index contributed by atoms with van der Waals surface area (Å²) in [6.45, 7) is 3.19. The number of carbonyl (C=O) groups excluding carboxylic acids is 1. The van der Waals surface area contributed by atoms with Gasteiger partial charge in [0.05, 0.1) is 6.61 Å². The zero-order chi connectivity index (χ0) is 29.8. The number of aliphatic hydroxyl groups excluding tert-OH is 1. The molecule has 0 unspecified atom stereocenters. The van der Waals surface area contributed by atoms with Crippen LogP contribution in [0.1, 0.15) is 55.4 Å². The second-order valence-electron chi connectivity index (χ2n) is 9.92. The molecule has 0 aliphatic carbocycles. The van der Waals surface area contributed by atoms with E-state index in [1.807, 2.05) is 48.5 Å². The molecule has 4 rings (SSSR count). The van der Waals surface area contributed by atoms with Crippen molar-refractivity contribution in [3.8, 4) is 5.75 Å². The van der Waals surface area contributed by atoms with E-state index in [1.165, 1.54) is 0 Å². The highest BCUT2D eigenvalue weighted by Crippen LogP contribution is 2.43. The van der Waals surface area contributed by atoms with E-state index >= 15 is 0 Å². The number of carbonyl (C=O) groups is 1. The summed E-state index contributed by atoms with van der Waals surface area (Å²) in [6.07, 6.45) is 2.90. The summed E-state index contributed by atoms with van der Waals surface area (Å²) in [6, 6.07) is 22.0. The van der Waals surface area contributed by atoms with Crippen LogP contribution in [0.2, 0.25) is 0 Å². The molecule has 3 aromatic carbocycles. The van der Waals surface area contributed by atoms with Crippen LogP contribution in [0.4, 0.5) is 5.69 Å². The molecule has 3 N–H and O–H groups in total. The molecule has 0 saturated heterocycles. The van der Waals surface area contributed by atoms with Crippen LogP contribution in [0.25, 0.3) is 10.4 Å². The van der Waals surface area contributed by atoms with E-state index in [1.54, 1.807) is 24.3 Å². The first-order valence-electron chi connectivity index (χ1n) is 14.0. The average molecular weight is 636 g/mol. The first kappa shape index (κ1) is 31.1. The maximum atomic E-state index is 14.2. The zero-order valence-corrected chi connectivity index (χ0v) is 25.1. The first-order chi connectivity index (χ1) is 20.5. The van der Waals surface area contributed by atoms with Crippen LogP contribution in [0, 0.1) is 0 Å². The number of unbranched alkanes of at least 4 members (excludes halogenated alkanes) is 2. The lowest BCUT2D eigenvalue weighted by Crippen LogP contribution is -2.54. The Labute approximate surface area is 253 Å². The number of ether oxygens (including phenoxy) is 2. The third-order valence-corrected chi connectivity index (χ3v) is 7.44. The minimum Gasteiger partial charge on any atom is -0.494 e. The molecule has 3 aromatic rings. The number of hydrazine groups is 1. The lowest BCUT2D eigenvalue weighted by atomic mass is 9.81. The highest BCUT2D eigenvalue weighted by Gasteiger charge is 2.53. The number of amides is 1. The Bertz CT molecular complexity index is 1410. The van der Waals surface area contributed by atoms with Crippen molar-refractivity contribution in [1.29, 1.82) is 0 Å². The normalized spacial score (nSPS) is 17.6. The van der Waals surface area contributed by atoms with Crippen LogP contribution in [0.15, 0.2) is 87.4 Å². The van der Waals surface area contributed by atoms with E-state index in [0.717, 1.165) is 29.3 Å². The topological polar surface area (TPSA) is 141 Å². The van der Waals surface area contributed by atoms with Gasteiger partial charge in [0.15, 0.2) is 11.6 Å². The number of halogens is 1. The molecule has 0 aromatic heterocycles. The third kappa shape index (κ3) is 7.68. The molecule has 1 amide bonds. The molecule has 11 heteroatoms. The monoisotopic (exact) mass is 634 g/mol. The van der Waals surface area contributed by atoms with E-state index in [-0.39, 0.29) is 18.9 Å². The molecule has 1 aliphatic rings. The van der Waals surface area contributed by atoms with Crippen molar-refractivity contribution in [1.82, 2.24) is 10.9 Å². The molecule has 1 heterocycles. The van der Waals surface area contributed by atoms with Crippen molar-refractivity contribution in [2.75, 3.05) is 19.8 Å². The van der Waals surface area contributed by atoms with E-state index in [0.29, 0.717) is 48.0 Å². The van der Waals surface area contributed by atoms with Gasteiger partial charge >= 0.3 is 0 Å². The van der Waals surface area contributed by atoms with Gasteiger partial charge in [-0.2, -0.15) is 0 Å². The number of azide groups is 1. The number of rotatable bonds is 15. The fourth-order valence-corrected chi connectivity index (χ4v) is 5.00.